The molecule has 4 aromatic rings. The Bertz CT molecular complexity index is 1020. The Hall–Kier alpha value is -2.65. The van der Waals surface area contributed by atoms with Crippen molar-refractivity contribution in [2.45, 2.75) is 13.1 Å². The van der Waals surface area contributed by atoms with Crippen LogP contribution in [0.25, 0.3) is 10.8 Å². The van der Waals surface area contributed by atoms with Gasteiger partial charge in [-0.1, -0.05) is 6.07 Å². The van der Waals surface area contributed by atoms with Crippen LogP contribution in [0.2, 0.25) is 0 Å². The second-order valence-corrected chi connectivity index (χ2v) is 7.29. The molecule has 1 amide bonds. The van der Waals surface area contributed by atoms with Crippen LogP contribution in [0, 0.1) is 0 Å². The smallest absolute Gasteiger partial charge is 0.287 e. The van der Waals surface area contributed by atoms with Gasteiger partial charge in [0, 0.05) is 6.20 Å². The number of halogens is 1. The normalized spacial score (nSPS) is 11.0. The molecule has 0 radical (unpaired) electrons. The van der Waals surface area contributed by atoms with E-state index in [0.717, 1.165) is 9.35 Å². The number of nitrogens with one attached hydrogen (secondary N) is 1. The van der Waals surface area contributed by atoms with Crippen LogP contribution in [-0.2, 0) is 13.1 Å². The third-order valence-corrected chi connectivity index (χ3v) is 4.79. The first-order chi connectivity index (χ1) is 12.7. The summed E-state index contributed by atoms with van der Waals surface area (Å²) in [5.74, 6) is 1.13. The van der Waals surface area contributed by atoms with Crippen molar-refractivity contribution < 1.29 is 13.6 Å². The molecule has 0 aliphatic carbocycles. The van der Waals surface area contributed by atoms with Crippen molar-refractivity contribution in [2.24, 2.45) is 0 Å². The summed E-state index contributed by atoms with van der Waals surface area (Å²) in [6.07, 6.45) is 5.06. The van der Waals surface area contributed by atoms with Crippen molar-refractivity contribution in [1.82, 2.24) is 20.1 Å². The number of thiophene rings is 1. The lowest BCUT2D eigenvalue weighted by Gasteiger charge is -2.00. The summed E-state index contributed by atoms with van der Waals surface area (Å²) in [6, 6.07) is 7.27. The maximum absolute atomic E-state index is 12.2. The van der Waals surface area contributed by atoms with Crippen LogP contribution in [0.4, 0.5) is 0 Å². The molecule has 0 aliphatic heterocycles. The van der Waals surface area contributed by atoms with E-state index in [9.17, 15) is 4.79 Å². The molecule has 0 atom stereocenters. The highest BCUT2D eigenvalue weighted by atomic mass is 79.9. The van der Waals surface area contributed by atoms with Crippen LogP contribution in [0.1, 0.15) is 22.0 Å². The van der Waals surface area contributed by atoms with Crippen molar-refractivity contribution in [3.8, 4) is 10.8 Å². The van der Waals surface area contributed by atoms with E-state index < -0.39 is 0 Å². The van der Waals surface area contributed by atoms with Crippen LogP contribution in [0.3, 0.4) is 0 Å². The van der Waals surface area contributed by atoms with E-state index >= 15 is 0 Å². The number of carbonyl (C=O) groups excluding carboxylic acids is 1. The van der Waals surface area contributed by atoms with Crippen LogP contribution < -0.4 is 5.32 Å². The zero-order chi connectivity index (χ0) is 17.9. The van der Waals surface area contributed by atoms with Gasteiger partial charge in [0.05, 0.1) is 34.3 Å². The minimum atomic E-state index is -0.307. The van der Waals surface area contributed by atoms with Crippen molar-refractivity contribution >= 4 is 33.2 Å². The summed E-state index contributed by atoms with van der Waals surface area (Å²) in [5, 5.41) is 8.89. The summed E-state index contributed by atoms with van der Waals surface area (Å²) in [4.78, 5) is 17.5. The van der Waals surface area contributed by atoms with E-state index in [-0.39, 0.29) is 18.2 Å². The van der Waals surface area contributed by atoms with E-state index in [0.29, 0.717) is 23.9 Å². The van der Waals surface area contributed by atoms with Crippen LogP contribution in [-0.4, -0.2) is 20.7 Å². The largest absolute Gasteiger partial charge is 0.454 e. The van der Waals surface area contributed by atoms with Crippen molar-refractivity contribution in [1.29, 1.82) is 0 Å². The molecule has 4 rings (SSSR count). The molecule has 9 heteroatoms. The number of oxazole rings is 1. The van der Waals surface area contributed by atoms with E-state index in [4.69, 9.17) is 8.83 Å². The van der Waals surface area contributed by atoms with Gasteiger partial charge in [-0.3, -0.25) is 9.48 Å². The third-order valence-electron chi connectivity index (χ3n) is 3.52. The van der Waals surface area contributed by atoms with Crippen LogP contribution >= 0.6 is 27.3 Å². The number of hydrogen-bond acceptors (Lipinski definition) is 6. The molecular weight excluding hydrogens is 420 g/mol. The fourth-order valence-corrected chi connectivity index (χ4v) is 3.31. The zero-order valence-electron chi connectivity index (χ0n) is 13.4. The third kappa shape index (κ3) is 3.78. The predicted octanol–water partition coefficient (Wildman–Crippen LogP) is 3.93. The van der Waals surface area contributed by atoms with Gasteiger partial charge in [0.2, 0.25) is 5.89 Å². The van der Waals surface area contributed by atoms with E-state index in [2.05, 4.69) is 31.3 Å². The SMILES string of the molecule is O=C(NCc1coc(-c2cccs2)n1)c1ccc(Cn2cc(Br)cn2)o1. The molecule has 0 saturated heterocycles. The highest BCUT2D eigenvalue weighted by molar-refractivity contribution is 9.10. The van der Waals surface area contributed by atoms with E-state index in [1.54, 1.807) is 40.6 Å². The average molecular weight is 433 g/mol. The van der Waals surface area contributed by atoms with Gasteiger partial charge in [-0.15, -0.1) is 11.3 Å². The number of aromatic nitrogens is 3. The number of hydrogen-bond donors (Lipinski definition) is 1. The Morgan fingerprint density at radius 1 is 1.35 bits per heavy atom. The predicted molar refractivity (Wildman–Crippen MR) is 98.7 cm³/mol. The maximum Gasteiger partial charge on any atom is 0.287 e. The van der Waals surface area contributed by atoms with Gasteiger partial charge < -0.3 is 14.2 Å². The molecule has 4 heterocycles. The second kappa shape index (κ2) is 7.30. The van der Waals surface area contributed by atoms with Gasteiger partial charge in [0.15, 0.2) is 5.76 Å². The molecule has 0 aromatic carbocycles. The van der Waals surface area contributed by atoms with E-state index in [1.807, 2.05) is 23.7 Å². The molecule has 0 saturated carbocycles. The summed E-state index contributed by atoms with van der Waals surface area (Å²) in [6.45, 7) is 0.711. The molecule has 7 nitrogen and oxygen atoms in total. The number of carbonyl (C=O) groups is 1. The Labute approximate surface area is 160 Å². The Kier molecular flexibility index (Phi) is 4.72. The summed E-state index contributed by atoms with van der Waals surface area (Å²) in [7, 11) is 0. The fraction of sp³-hybridized carbons (Fsp3) is 0.118. The van der Waals surface area contributed by atoms with E-state index in [1.165, 1.54) is 0 Å². The molecule has 26 heavy (non-hydrogen) atoms. The number of amides is 1. The first-order valence-corrected chi connectivity index (χ1v) is 9.38. The minimum absolute atomic E-state index is 0.244. The summed E-state index contributed by atoms with van der Waals surface area (Å²) >= 11 is 4.89. The topological polar surface area (TPSA) is 86.1 Å². The van der Waals surface area contributed by atoms with Crippen molar-refractivity contribution in [2.75, 3.05) is 0 Å². The van der Waals surface area contributed by atoms with Gasteiger partial charge in [0.1, 0.15) is 12.0 Å². The molecule has 4 aromatic heterocycles. The molecule has 0 fully saturated rings. The summed E-state index contributed by atoms with van der Waals surface area (Å²) < 4.78 is 13.6. The Morgan fingerprint density at radius 2 is 2.27 bits per heavy atom. The fourth-order valence-electron chi connectivity index (χ4n) is 2.33. The monoisotopic (exact) mass is 432 g/mol. The molecular formula is C17H13BrN4O3S. The molecule has 0 bridgehead atoms. The summed E-state index contributed by atoms with van der Waals surface area (Å²) in [5.41, 5.74) is 0.648. The number of rotatable bonds is 6. The Morgan fingerprint density at radius 3 is 3.04 bits per heavy atom. The number of furan rings is 1. The van der Waals surface area contributed by atoms with Crippen molar-refractivity contribution in [3.05, 3.63) is 70.0 Å². The van der Waals surface area contributed by atoms with Crippen molar-refractivity contribution in [3.63, 3.8) is 0 Å². The standard InChI is InChI=1S/C17H13BrN4O3S/c18-11-6-20-22(8-11)9-13-3-4-14(25-13)16(23)19-7-12-10-24-17(21-12)15-2-1-5-26-15/h1-6,8,10H,7,9H2,(H,19,23). The quantitative estimate of drug-likeness (QED) is 0.498. The lowest BCUT2D eigenvalue weighted by Crippen LogP contribution is -2.22. The van der Waals surface area contributed by atoms with Gasteiger partial charge in [-0.2, -0.15) is 5.10 Å². The average Bonchev–Trinajstić information content (AvgIpc) is 3.41. The maximum atomic E-state index is 12.2. The zero-order valence-corrected chi connectivity index (χ0v) is 15.8. The van der Waals surface area contributed by atoms with Gasteiger partial charge >= 0.3 is 0 Å². The first-order valence-electron chi connectivity index (χ1n) is 7.70. The van der Waals surface area contributed by atoms with Crippen LogP contribution in [0.15, 0.2) is 61.6 Å². The Balaban J connectivity index is 1.35. The molecule has 1 N–H and O–H groups in total. The minimum Gasteiger partial charge on any atom is -0.454 e. The lowest BCUT2D eigenvalue weighted by molar-refractivity contribution is 0.0920. The van der Waals surface area contributed by atoms with Gasteiger partial charge in [0.25, 0.3) is 5.91 Å². The van der Waals surface area contributed by atoms with Gasteiger partial charge in [-0.25, -0.2) is 4.98 Å². The molecule has 132 valence electrons. The second-order valence-electron chi connectivity index (χ2n) is 5.43. The molecule has 0 aliphatic rings. The lowest BCUT2D eigenvalue weighted by atomic mass is 10.4. The molecule has 0 unspecified atom stereocenters. The van der Waals surface area contributed by atoms with Gasteiger partial charge in [-0.05, 0) is 39.5 Å². The highest BCUT2D eigenvalue weighted by Crippen LogP contribution is 2.23. The van der Waals surface area contributed by atoms with Crippen LogP contribution in [0.5, 0.6) is 0 Å². The first kappa shape index (κ1) is 16.8. The highest BCUT2D eigenvalue weighted by Gasteiger charge is 2.13. The number of nitrogens with zero attached hydrogens (tertiary/aromatic N) is 3. The molecule has 0 spiro atoms.